The highest BCUT2D eigenvalue weighted by Gasteiger charge is 2.41. The van der Waals surface area contributed by atoms with Crippen LogP contribution in [0, 0.1) is 0 Å². The van der Waals surface area contributed by atoms with Gasteiger partial charge in [0.15, 0.2) is 5.78 Å². The summed E-state index contributed by atoms with van der Waals surface area (Å²) in [5.41, 5.74) is 1.71. The van der Waals surface area contributed by atoms with Gasteiger partial charge in [0.1, 0.15) is 0 Å². The summed E-state index contributed by atoms with van der Waals surface area (Å²) in [7, 11) is -3.33. The fourth-order valence-corrected chi connectivity index (χ4v) is 5.18. The summed E-state index contributed by atoms with van der Waals surface area (Å²) >= 11 is 6.85. The Balaban J connectivity index is 1.95. The van der Waals surface area contributed by atoms with Crippen molar-refractivity contribution in [2.24, 2.45) is 0 Å². The molecule has 0 spiro atoms. The number of benzene rings is 2. The van der Waals surface area contributed by atoms with E-state index in [2.05, 4.69) is 37.2 Å². The first-order valence-electron chi connectivity index (χ1n) is 7.66. The van der Waals surface area contributed by atoms with Crippen LogP contribution in [-0.2, 0) is 13.6 Å². The molecule has 0 bridgehead atoms. The van der Waals surface area contributed by atoms with E-state index in [1.54, 1.807) is 0 Å². The van der Waals surface area contributed by atoms with Crippen LogP contribution >= 0.6 is 39.5 Å². The average molecular weight is 475 g/mol. The highest BCUT2D eigenvalue weighted by Crippen LogP contribution is 2.63. The minimum Gasteiger partial charge on any atom is -0.368 e. The Morgan fingerprint density at radius 1 is 1.08 bits per heavy atom. The third kappa shape index (κ3) is 4.30. The molecule has 0 aromatic heterocycles. The maximum Gasteiger partial charge on any atom is 0.357 e. The van der Waals surface area contributed by atoms with Crippen molar-refractivity contribution >= 4 is 45.1 Å². The fourth-order valence-electron chi connectivity index (χ4n) is 2.51. The van der Waals surface area contributed by atoms with E-state index >= 15 is 0 Å². The molecule has 4 nitrogen and oxygen atoms in total. The zero-order valence-electron chi connectivity index (χ0n) is 13.1. The van der Waals surface area contributed by atoms with Crippen LogP contribution in [0.1, 0.15) is 24.7 Å². The molecule has 1 N–H and O–H groups in total. The van der Waals surface area contributed by atoms with Crippen LogP contribution in [0.2, 0.25) is 0 Å². The van der Waals surface area contributed by atoms with Crippen molar-refractivity contribution in [3.63, 3.8) is 0 Å². The van der Waals surface area contributed by atoms with E-state index in [1.165, 1.54) is 0 Å². The molecule has 1 fully saturated rings. The molecule has 24 heavy (non-hydrogen) atoms. The normalized spacial score (nSPS) is 25.2. The Kier molecular flexibility index (Phi) is 5.83. The number of hydrogen-bond acceptors (Lipinski definition) is 4. The number of hydrogen-bond donors (Lipinski definition) is 1. The van der Waals surface area contributed by atoms with Crippen LogP contribution in [0.15, 0.2) is 57.5 Å². The highest BCUT2D eigenvalue weighted by atomic mass is 79.9. The molecular weight excluding hydrogens is 457 g/mol. The van der Waals surface area contributed by atoms with E-state index < -0.39 is 13.4 Å². The van der Waals surface area contributed by atoms with E-state index in [4.69, 9.17) is 9.05 Å². The molecule has 0 unspecified atom stereocenters. The summed E-state index contributed by atoms with van der Waals surface area (Å²) in [6.45, 7) is 2.36. The second-order valence-electron chi connectivity index (χ2n) is 5.68. The summed E-state index contributed by atoms with van der Waals surface area (Å²) in [4.78, 5) is 0. The van der Waals surface area contributed by atoms with Crippen molar-refractivity contribution in [2.75, 3.05) is 11.9 Å². The molecular formula is C17H18Br2NO3P. The first kappa shape index (κ1) is 18.2. The van der Waals surface area contributed by atoms with E-state index in [0.717, 1.165) is 26.6 Å². The zero-order chi connectivity index (χ0) is 17.2. The minimum absolute atomic E-state index is 0.0887. The SMILES string of the molecule is C[C@@H]1CCO[P@](=O)([C@H](Nc2ccc(Br)cc2)c2ccc(Br)cc2)O1. The molecule has 7 heteroatoms. The van der Waals surface area contributed by atoms with Crippen molar-refractivity contribution < 1.29 is 13.6 Å². The molecule has 3 atom stereocenters. The van der Waals surface area contributed by atoms with Gasteiger partial charge in [-0.05, 0) is 55.3 Å². The number of anilines is 1. The van der Waals surface area contributed by atoms with Gasteiger partial charge in [0.2, 0.25) is 0 Å². The van der Waals surface area contributed by atoms with Gasteiger partial charge < -0.3 is 14.4 Å². The molecule has 0 saturated carbocycles. The highest BCUT2D eigenvalue weighted by molar-refractivity contribution is 9.10. The van der Waals surface area contributed by atoms with Crippen molar-refractivity contribution in [1.29, 1.82) is 0 Å². The van der Waals surface area contributed by atoms with Gasteiger partial charge in [0.05, 0.1) is 12.7 Å². The monoisotopic (exact) mass is 473 g/mol. The van der Waals surface area contributed by atoms with Gasteiger partial charge in [0.25, 0.3) is 0 Å². The Bertz CT molecular complexity index is 737. The second-order valence-corrected chi connectivity index (χ2v) is 9.58. The molecule has 1 saturated heterocycles. The third-order valence-corrected chi connectivity index (χ3v) is 7.09. The van der Waals surface area contributed by atoms with Crippen LogP contribution in [0.4, 0.5) is 5.69 Å². The summed E-state index contributed by atoms with van der Waals surface area (Å²) in [5, 5.41) is 3.32. The Hall–Kier alpha value is -0.650. The van der Waals surface area contributed by atoms with Crippen molar-refractivity contribution in [1.82, 2.24) is 0 Å². The lowest BCUT2D eigenvalue weighted by Gasteiger charge is -2.34. The first-order chi connectivity index (χ1) is 11.5. The van der Waals surface area contributed by atoms with E-state index in [0.29, 0.717) is 6.61 Å². The van der Waals surface area contributed by atoms with Crippen molar-refractivity contribution in [3.05, 3.63) is 63.0 Å². The van der Waals surface area contributed by atoms with Crippen LogP contribution < -0.4 is 5.32 Å². The molecule has 1 aliphatic heterocycles. The fraction of sp³-hybridized carbons (Fsp3) is 0.294. The third-order valence-electron chi connectivity index (χ3n) is 3.77. The Morgan fingerprint density at radius 3 is 2.25 bits per heavy atom. The second kappa shape index (κ2) is 7.71. The summed E-state index contributed by atoms with van der Waals surface area (Å²) < 4.78 is 26.7. The van der Waals surface area contributed by atoms with Gasteiger partial charge in [-0.1, -0.05) is 44.0 Å². The van der Waals surface area contributed by atoms with Gasteiger partial charge in [-0.15, -0.1) is 0 Å². The smallest absolute Gasteiger partial charge is 0.357 e. The maximum atomic E-state index is 13.4. The zero-order valence-corrected chi connectivity index (χ0v) is 17.2. The van der Waals surface area contributed by atoms with E-state index in [9.17, 15) is 4.57 Å². The number of rotatable bonds is 4. The topological polar surface area (TPSA) is 47.6 Å². The van der Waals surface area contributed by atoms with Gasteiger partial charge in [-0.25, -0.2) is 0 Å². The van der Waals surface area contributed by atoms with Gasteiger partial charge in [-0.3, -0.25) is 4.57 Å². The van der Waals surface area contributed by atoms with Crippen LogP contribution in [0.5, 0.6) is 0 Å². The molecule has 1 aliphatic rings. The summed E-state index contributed by atoms with van der Waals surface area (Å²) in [6, 6.07) is 15.4. The molecule has 0 aliphatic carbocycles. The summed E-state index contributed by atoms with van der Waals surface area (Å²) in [5.74, 6) is -0.561. The largest absolute Gasteiger partial charge is 0.368 e. The number of nitrogens with one attached hydrogen (secondary N) is 1. The minimum atomic E-state index is -3.33. The van der Waals surface area contributed by atoms with Crippen LogP contribution in [0.25, 0.3) is 0 Å². The molecule has 2 aromatic carbocycles. The maximum absolute atomic E-state index is 13.4. The summed E-state index contributed by atoms with van der Waals surface area (Å²) in [6.07, 6.45) is 0.657. The lowest BCUT2D eigenvalue weighted by molar-refractivity contribution is 0.0887. The van der Waals surface area contributed by atoms with Crippen molar-refractivity contribution in [2.45, 2.75) is 25.2 Å². The quantitative estimate of drug-likeness (QED) is 0.525. The molecule has 2 aromatic rings. The molecule has 1 heterocycles. The van der Waals surface area contributed by atoms with Crippen molar-refractivity contribution in [3.8, 4) is 0 Å². The molecule has 128 valence electrons. The Morgan fingerprint density at radius 2 is 1.67 bits per heavy atom. The predicted molar refractivity (Wildman–Crippen MR) is 103 cm³/mol. The van der Waals surface area contributed by atoms with Gasteiger partial charge in [0, 0.05) is 14.6 Å². The van der Waals surface area contributed by atoms with Gasteiger partial charge in [-0.2, -0.15) is 0 Å². The first-order valence-corrected chi connectivity index (χ1v) is 10.9. The predicted octanol–water partition coefficient (Wildman–Crippen LogP) is 6.34. The lowest BCUT2D eigenvalue weighted by atomic mass is 10.2. The number of halogens is 2. The van der Waals surface area contributed by atoms with E-state index in [-0.39, 0.29) is 6.10 Å². The molecule has 0 amide bonds. The lowest BCUT2D eigenvalue weighted by Crippen LogP contribution is -2.23. The molecule has 3 rings (SSSR count). The average Bonchev–Trinajstić information content (AvgIpc) is 2.55. The van der Waals surface area contributed by atoms with Gasteiger partial charge >= 0.3 is 7.60 Å². The molecule has 0 radical (unpaired) electrons. The van der Waals surface area contributed by atoms with Crippen LogP contribution in [-0.4, -0.2) is 12.7 Å². The standard InChI is InChI=1S/C17H18Br2NO3P/c1-12-10-11-22-24(21,23-12)17(13-2-4-14(18)5-3-13)20-16-8-6-15(19)7-9-16/h2-9,12,17,20H,10-11H2,1H3/t12-,17+,24-/m1/s1. The van der Waals surface area contributed by atoms with Crippen LogP contribution in [0.3, 0.4) is 0 Å². The van der Waals surface area contributed by atoms with E-state index in [1.807, 2.05) is 55.5 Å². The Labute approximate surface area is 158 Å².